The van der Waals surface area contributed by atoms with E-state index in [1.54, 1.807) is 0 Å². The highest BCUT2D eigenvalue weighted by Crippen LogP contribution is 2.38. The summed E-state index contributed by atoms with van der Waals surface area (Å²) in [6.07, 6.45) is 2.41. The van der Waals surface area contributed by atoms with Gasteiger partial charge in [0.15, 0.2) is 0 Å². The lowest BCUT2D eigenvalue weighted by atomic mass is 10.1. The number of aromatic amines is 1. The second kappa shape index (κ2) is 5.36. The quantitative estimate of drug-likeness (QED) is 0.772. The van der Waals surface area contributed by atoms with Crippen molar-refractivity contribution in [2.75, 3.05) is 5.75 Å². The number of carbonyl (C=O) groups is 2. The van der Waals surface area contributed by atoms with Crippen LogP contribution in [0.5, 0.6) is 0 Å². The monoisotopic (exact) mass is 308 g/mol. The molecular formula is C14H20N4O2S. The van der Waals surface area contributed by atoms with Gasteiger partial charge in [0, 0.05) is 11.7 Å². The van der Waals surface area contributed by atoms with Gasteiger partial charge in [0.05, 0.1) is 22.7 Å². The molecule has 7 heteroatoms. The minimum absolute atomic E-state index is 0.0866. The predicted molar refractivity (Wildman–Crippen MR) is 80.9 cm³/mol. The Bertz CT molecular complexity index is 565. The molecule has 1 saturated heterocycles. The van der Waals surface area contributed by atoms with E-state index in [0.717, 1.165) is 11.4 Å². The van der Waals surface area contributed by atoms with Gasteiger partial charge in [0.2, 0.25) is 11.8 Å². The van der Waals surface area contributed by atoms with Crippen LogP contribution in [-0.4, -0.2) is 38.6 Å². The van der Waals surface area contributed by atoms with Crippen molar-refractivity contribution in [3.63, 3.8) is 0 Å². The first-order valence-corrected chi connectivity index (χ1v) is 8.21. The van der Waals surface area contributed by atoms with Crippen LogP contribution >= 0.6 is 11.8 Å². The summed E-state index contributed by atoms with van der Waals surface area (Å²) >= 11 is 1.51. The van der Waals surface area contributed by atoms with Gasteiger partial charge >= 0.3 is 0 Å². The van der Waals surface area contributed by atoms with Crippen LogP contribution in [0, 0.1) is 0 Å². The van der Waals surface area contributed by atoms with Crippen LogP contribution in [0.25, 0.3) is 0 Å². The smallest absolute Gasteiger partial charge is 0.243 e. The molecule has 0 radical (unpaired) electrons. The SMILES string of the molecule is CC1(C)SC[C@H](C(=O)NCc2cc(C3CC3)n[nH]2)NC1=O. The van der Waals surface area contributed by atoms with E-state index in [0.29, 0.717) is 18.2 Å². The molecule has 3 rings (SSSR count). The number of aromatic nitrogens is 2. The third kappa shape index (κ3) is 3.23. The molecule has 2 fully saturated rings. The highest BCUT2D eigenvalue weighted by atomic mass is 32.2. The van der Waals surface area contributed by atoms with Crippen molar-refractivity contribution >= 4 is 23.6 Å². The van der Waals surface area contributed by atoms with Crippen LogP contribution in [0.15, 0.2) is 6.07 Å². The first-order valence-electron chi connectivity index (χ1n) is 7.22. The number of hydrogen-bond donors (Lipinski definition) is 3. The van der Waals surface area contributed by atoms with Gasteiger partial charge < -0.3 is 10.6 Å². The standard InChI is InChI=1S/C14H20N4O2S/c1-14(2)13(20)16-11(7-21-14)12(19)15-6-9-5-10(18-17-9)8-3-4-8/h5,8,11H,3-4,6-7H2,1-2H3,(H,15,19)(H,16,20)(H,17,18)/t11-/m1/s1. The van der Waals surface area contributed by atoms with Gasteiger partial charge in [0.25, 0.3) is 0 Å². The number of carbonyl (C=O) groups excluding carboxylic acids is 2. The topological polar surface area (TPSA) is 86.9 Å². The average molecular weight is 308 g/mol. The van der Waals surface area contributed by atoms with Crippen LogP contribution in [0.1, 0.15) is 44.0 Å². The number of amides is 2. The Labute approximate surface area is 127 Å². The lowest BCUT2D eigenvalue weighted by molar-refractivity contribution is -0.129. The number of thioether (sulfide) groups is 1. The molecule has 2 amide bonds. The van der Waals surface area contributed by atoms with E-state index in [1.807, 2.05) is 19.9 Å². The Kier molecular flexibility index (Phi) is 3.69. The number of nitrogens with zero attached hydrogens (tertiary/aromatic N) is 1. The minimum Gasteiger partial charge on any atom is -0.349 e. The molecule has 2 heterocycles. The van der Waals surface area contributed by atoms with E-state index in [9.17, 15) is 9.59 Å². The molecule has 1 aliphatic carbocycles. The maximum atomic E-state index is 12.1. The van der Waals surface area contributed by atoms with Gasteiger partial charge in [-0.15, -0.1) is 11.8 Å². The fourth-order valence-corrected chi connectivity index (χ4v) is 3.24. The Hall–Kier alpha value is -1.50. The molecule has 1 aromatic heterocycles. The van der Waals surface area contributed by atoms with Gasteiger partial charge in [0.1, 0.15) is 6.04 Å². The van der Waals surface area contributed by atoms with Crippen LogP contribution in [0.3, 0.4) is 0 Å². The normalized spacial score (nSPS) is 24.5. The first-order chi connectivity index (χ1) is 9.95. The van der Waals surface area contributed by atoms with Gasteiger partial charge in [-0.05, 0) is 32.8 Å². The Morgan fingerprint density at radius 2 is 2.29 bits per heavy atom. The molecule has 1 aliphatic heterocycles. The summed E-state index contributed by atoms with van der Waals surface area (Å²) in [5.41, 5.74) is 1.99. The summed E-state index contributed by atoms with van der Waals surface area (Å²) in [6.45, 7) is 4.15. The molecule has 0 unspecified atom stereocenters. The molecule has 2 aliphatic rings. The number of nitrogens with one attached hydrogen (secondary N) is 3. The highest BCUT2D eigenvalue weighted by molar-refractivity contribution is 8.01. The zero-order valence-electron chi connectivity index (χ0n) is 12.2. The molecule has 21 heavy (non-hydrogen) atoms. The van der Waals surface area contributed by atoms with Crippen molar-refractivity contribution in [3.05, 3.63) is 17.5 Å². The van der Waals surface area contributed by atoms with E-state index < -0.39 is 10.8 Å². The lowest BCUT2D eigenvalue weighted by Gasteiger charge is -2.32. The first kappa shape index (κ1) is 14.4. The second-order valence-corrected chi connectivity index (χ2v) is 7.80. The molecule has 114 valence electrons. The summed E-state index contributed by atoms with van der Waals surface area (Å²) in [5.74, 6) is 0.966. The Balaban J connectivity index is 1.50. The zero-order chi connectivity index (χ0) is 15.0. The molecule has 6 nitrogen and oxygen atoms in total. The van der Waals surface area contributed by atoms with Crippen LogP contribution in [-0.2, 0) is 16.1 Å². The van der Waals surface area contributed by atoms with Gasteiger partial charge in [-0.25, -0.2) is 0 Å². The fraction of sp³-hybridized carbons (Fsp3) is 0.643. The van der Waals surface area contributed by atoms with E-state index in [4.69, 9.17) is 0 Å². The molecule has 1 aromatic rings. The Morgan fingerprint density at radius 1 is 1.52 bits per heavy atom. The average Bonchev–Trinajstić information content (AvgIpc) is 3.18. The van der Waals surface area contributed by atoms with Gasteiger partial charge in [-0.3, -0.25) is 14.7 Å². The molecule has 0 bridgehead atoms. The maximum absolute atomic E-state index is 12.1. The minimum atomic E-state index is -0.459. The second-order valence-electron chi connectivity index (χ2n) is 6.16. The van der Waals surface area contributed by atoms with E-state index in [1.165, 1.54) is 24.6 Å². The van der Waals surface area contributed by atoms with Crippen molar-refractivity contribution in [2.45, 2.75) is 49.9 Å². The third-order valence-corrected chi connectivity index (χ3v) is 5.29. The van der Waals surface area contributed by atoms with Gasteiger partial charge in [-0.2, -0.15) is 5.10 Å². The summed E-state index contributed by atoms with van der Waals surface area (Å²) in [6, 6.07) is 1.55. The number of rotatable bonds is 4. The van der Waals surface area contributed by atoms with Crippen LogP contribution in [0.4, 0.5) is 0 Å². The van der Waals surface area contributed by atoms with E-state index in [-0.39, 0.29) is 11.8 Å². The van der Waals surface area contributed by atoms with Crippen molar-refractivity contribution < 1.29 is 9.59 Å². The van der Waals surface area contributed by atoms with E-state index >= 15 is 0 Å². The van der Waals surface area contributed by atoms with Crippen molar-refractivity contribution in [1.29, 1.82) is 0 Å². The predicted octanol–water partition coefficient (Wildman–Crippen LogP) is 0.913. The van der Waals surface area contributed by atoms with Crippen LogP contribution < -0.4 is 10.6 Å². The van der Waals surface area contributed by atoms with Crippen molar-refractivity contribution in [1.82, 2.24) is 20.8 Å². The molecular weight excluding hydrogens is 288 g/mol. The maximum Gasteiger partial charge on any atom is 0.243 e. The molecule has 3 N–H and O–H groups in total. The summed E-state index contributed by atoms with van der Waals surface area (Å²) in [4.78, 5) is 24.0. The molecule has 0 spiro atoms. The summed E-state index contributed by atoms with van der Waals surface area (Å²) in [7, 11) is 0. The number of hydrogen-bond acceptors (Lipinski definition) is 4. The van der Waals surface area contributed by atoms with E-state index in [2.05, 4.69) is 20.8 Å². The molecule has 1 atom stereocenters. The number of H-pyrrole nitrogens is 1. The molecule has 0 aromatic carbocycles. The third-order valence-electron chi connectivity index (χ3n) is 3.88. The fourth-order valence-electron chi connectivity index (χ4n) is 2.24. The molecule has 1 saturated carbocycles. The Morgan fingerprint density at radius 3 is 2.95 bits per heavy atom. The lowest BCUT2D eigenvalue weighted by Crippen LogP contribution is -2.57. The van der Waals surface area contributed by atoms with Crippen molar-refractivity contribution in [2.24, 2.45) is 0 Å². The summed E-state index contributed by atoms with van der Waals surface area (Å²) < 4.78 is -0.459. The van der Waals surface area contributed by atoms with Crippen molar-refractivity contribution in [3.8, 4) is 0 Å². The van der Waals surface area contributed by atoms with Gasteiger partial charge in [-0.1, -0.05) is 0 Å². The largest absolute Gasteiger partial charge is 0.349 e. The summed E-state index contributed by atoms with van der Waals surface area (Å²) in [5, 5.41) is 12.8. The highest BCUT2D eigenvalue weighted by Gasteiger charge is 2.37. The van der Waals surface area contributed by atoms with Crippen LogP contribution in [0.2, 0.25) is 0 Å². The zero-order valence-corrected chi connectivity index (χ0v) is 13.0.